The molecule has 33 heavy (non-hydrogen) atoms. The minimum atomic E-state index is -1.00. The summed E-state index contributed by atoms with van der Waals surface area (Å²) < 4.78 is 12.5. The standard InChI is InChI=1S/C28H29IO4/c1-19-17-24(13-14-26(19)33-18-27(30)31)32-16-15-25(21-7-11-23(29)12-8-21)20-5-9-22(10-6-20)28(2,3)4/h5-15,17H,16,18H2,1-4H3,(H,30,31). The topological polar surface area (TPSA) is 55.8 Å². The zero-order chi connectivity index (χ0) is 24.0. The molecule has 0 saturated carbocycles. The van der Waals surface area contributed by atoms with Crippen molar-refractivity contribution in [2.45, 2.75) is 33.1 Å². The Labute approximate surface area is 209 Å². The zero-order valence-electron chi connectivity index (χ0n) is 19.4. The Kier molecular flexibility index (Phi) is 8.19. The molecule has 0 aliphatic carbocycles. The predicted molar refractivity (Wildman–Crippen MR) is 141 cm³/mol. The second-order valence-corrected chi connectivity index (χ2v) is 10.1. The number of aryl methyl sites for hydroxylation is 1. The van der Waals surface area contributed by atoms with Crippen LogP contribution in [0.1, 0.15) is 43.0 Å². The van der Waals surface area contributed by atoms with Crippen LogP contribution in [0.15, 0.2) is 72.8 Å². The number of hydrogen-bond acceptors (Lipinski definition) is 3. The molecule has 3 aromatic carbocycles. The van der Waals surface area contributed by atoms with Crippen molar-refractivity contribution in [3.05, 3.63) is 98.6 Å². The number of carboxylic acid groups (broad SMARTS) is 1. The van der Waals surface area contributed by atoms with Gasteiger partial charge in [0.15, 0.2) is 6.61 Å². The van der Waals surface area contributed by atoms with Crippen molar-refractivity contribution in [1.82, 2.24) is 0 Å². The Balaban J connectivity index is 1.81. The molecular formula is C28H29IO4. The summed E-state index contributed by atoms with van der Waals surface area (Å²) in [6.45, 7) is 8.55. The van der Waals surface area contributed by atoms with Crippen LogP contribution in [0.3, 0.4) is 0 Å². The van der Waals surface area contributed by atoms with Crippen LogP contribution in [0, 0.1) is 10.5 Å². The quantitative estimate of drug-likeness (QED) is 0.308. The normalized spacial score (nSPS) is 11.8. The summed E-state index contributed by atoms with van der Waals surface area (Å²) in [7, 11) is 0. The maximum atomic E-state index is 10.7. The number of ether oxygens (including phenoxy) is 2. The Bertz CT molecular complexity index is 1120. The van der Waals surface area contributed by atoms with Crippen LogP contribution < -0.4 is 9.47 Å². The first kappa shape index (κ1) is 24.8. The first-order chi connectivity index (χ1) is 15.6. The van der Waals surface area contributed by atoms with Crippen molar-refractivity contribution in [3.8, 4) is 11.5 Å². The molecule has 0 aliphatic rings. The molecule has 4 nitrogen and oxygen atoms in total. The van der Waals surface area contributed by atoms with Crippen LogP contribution in [-0.4, -0.2) is 24.3 Å². The van der Waals surface area contributed by atoms with Crippen molar-refractivity contribution in [2.24, 2.45) is 0 Å². The number of benzene rings is 3. The number of carboxylic acids is 1. The van der Waals surface area contributed by atoms with Crippen molar-refractivity contribution >= 4 is 34.1 Å². The third kappa shape index (κ3) is 7.09. The van der Waals surface area contributed by atoms with E-state index in [1.807, 2.05) is 13.0 Å². The largest absolute Gasteiger partial charge is 0.489 e. The summed E-state index contributed by atoms with van der Waals surface area (Å²) in [6, 6.07) is 22.6. The number of rotatable bonds is 8. The molecule has 1 N–H and O–H groups in total. The van der Waals surface area contributed by atoms with E-state index < -0.39 is 5.97 Å². The monoisotopic (exact) mass is 556 g/mol. The van der Waals surface area contributed by atoms with Gasteiger partial charge >= 0.3 is 5.97 Å². The Morgan fingerprint density at radius 1 is 0.939 bits per heavy atom. The first-order valence-electron chi connectivity index (χ1n) is 10.8. The average Bonchev–Trinajstić information content (AvgIpc) is 2.76. The minimum absolute atomic E-state index is 0.104. The van der Waals surface area contributed by atoms with Gasteiger partial charge in [0.25, 0.3) is 0 Å². The van der Waals surface area contributed by atoms with Gasteiger partial charge in [-0.1, -0.05) is 57.2 Å². The van der Waals surface area contributed by atoms with Gasteiger partial charge in [0.05, 0.1) is 0 Å². The van der Waals surface area contributed by atoms with Crippen molar-refractivity contribution in [1.29, 1.82) is 0 Å². The number of hydrogen-bond donors (Lipinski definition) is 1. The summed E-state index contributed by atoms with van der Waals surface area (Å²) in [6.07, 6.45) is 2.10. The van der Waals surface area contributed by atoms with E-state index in [2.05, 4.69) is 98.0 Å². The molecule has 172 valence electrons. The molecule has 0 spiro atoms. The van der Waals surface area contributed by atoms with Gasteiger partial charge in [0, 0.05) is 3.57 Å². The highest BCUT2D eigenvalue weighted by molar-refractivity contribution is 14.1. The van der Waals surface area contributed by atoms with Gasteiger partial charge < -0.3 is 14.6 Å². The van der Waals surface area contributed by atoms with Gasteiger partial charge in [-0.25, -0.2) is 4.79 Å². The van der Waals surface area contributed by atoms with Crippen LogP contribution in [0.25, 0.3) is 5.57 Å². The lowest BCUT2D eigenvalue weighted by atomic mass is 9.85. The van der Waals surface area contributed by atoms with E-state index in [4.69, 9.17) is 14.6 Å². The third-order valence-electron chi connectivity index (χ3n) is 5.25. The van der Waals surface area contributed by atoms with Crippen LogP contribution in [-0.2, 0) is 10.2 Å². The molecule has 0 atom stereocenters. The lowest BCUT2D eigenvalue weighted by molar-refractivity contribution is -0.139. The molecule has 0 radical (unpaired) electrons. The average molecular weight is 556 g/mol. The molecular weight excluding hydrogens is 527 g/mol. The first-order valence-corrected chi connectivity index (χ1v) is 11.9. The molecule has 0 fully saturated rings. The fourth-order valence-corrected chi connectivity index (χ4v) is 3.78. The van der Waals surface area contributed by atoms with Gasteiger partial charge in [0.1, 0.15) is 18.1 Å². The minimum Gasteiger partial charge on any atom is -0.489 e. The highest BCUT2D eigenvalue weighted by Crippen LogP contribution is 2.29. The Morgan fingerprint density at radius 2 is 1.55 bits per heavy atom. The SMILES string of the molecule is Cc1cc(OCC=C(c2ccc(I)cc2)c2ccc(C(C)(C)C)cc2)ccc1OCC(=O)O. The fourth-order valence-electron chi connectivity index (χ4n) is 3.42. The molecule has 0 heterocycles. The molecule has 0 bridgehead atoms. The van der Waals surface area contributed by atoms with E-state index in [1.54, 1.807) is 12.1 Å². The van der Waals surface area contributed by atoms with Crippen LogP contribution in [0.5, 0.6) is 11.5 Å². The Hall–Kier alpha value is -2.80. The van der Waals surface area contributed by atoms with E-state index >= 15 is 0 Å². The summed E-state index contributed by atoms with van der Waals surface area (Å²) in [4.78, 5) is 10.7. The molecule has 5 heteroatoms. The van der Waals surface area contributed by atoms with Gasteiger partial charge in [-0.05, 0) is 99.2 Å². The summed E-state index contributed by atoms with van der Waals surface area (Å²) in [5, 5.41) is 8.79. The van der Waals surface area contributed by atoms with Crippen molar-refractivity contribution in [2.75, 3.05) is 13.2 Å². The predicted octanol–water partition coefficient (Wildman–Crippen LogP) is 6.87. The third-order valence-corrected chi connectivity index (χ3v) is 5.97. The van der Waals surface area contributed by atoms with Crippen LogP contribution in [0.2, 0.25) is 0 Å². The van der Waals surface area contributed by atoms with E-state index in [-0.39, 0.29) is 12.0 Å². The van der Waals surface area contributed by atoms with E-state index in [0.717, 1.165) is 22.3 Å². The molecule has 0 saturated heterocycles. The number of carbonyl (C=O) groups is 1. The smallest absolute Gasteiger partial charge is 0.341 e. The van der Waals surface area contributed by atoms with Crippen LogP contribution in [0.4, 0.5) is 0 Å². The molecule has 0 aromatic heterocycles. The van der Waals surface area contributed by atoms with E-state index in [0.29, 0.717) is 18.1 Å². The maximum absolute atomic E-state index is 10.7. The van der Waals surface area contributed by atoms with Gasteiger partial charge in [-0.15, -0.1) is 0 Å². The highest BCUT2D eigenvalue weighted by Gasteiger charge is 2.14. The summed E-state index contributed by atoms with van der Waals surface area (Å²) in [5.41, 5.74) is 5.62. The molecule has 0 unspecified atom stereocenters. The van der Waals surface area contributed by atoms with Gasteiger partial charge in [-0.3, -0.25) is 0 Å². The second-order valence-electron chi connectivity index (χ2n) is 8.87. The Morgan fingerprint density at radius 3 is 2.09 bits per heavy atom. The molecule has 3 aromatic rings. The fraction of sp³-hybridized carbons (Fsp3) is 0.250. The lowest BCUT2D eigenvalue weighted by Crippen LogP contribution is -2.10. The number of halogens is 1. The van der Waals surface area contributed by atoms with Crippen LogP contribution >= 0.6 is 22.6 Å². The number of aliphatic carboxylic acids is 1. The zero-order valence-corrected chi connectivity index (χ0v) is 21.5. The molecule has 3 rings (SSSR count). The summed E-state index contributed by atoms with van der Waals surface area (Å²) >= 11 is 2.31. The molecule has 0 aliphatic heterocycles. The van der Waals surface area contributed by atoms with Crippen molar-refractivity contribution < 1.29 is 19.4 Å². The van der Waals surface area contributed by atoms with Gasteiger partial charge in [0.2, 0.25) is 0 Å². The van der Waals surface area contributed by atoms with E-state index in [9.17, 15) is 4.79 Å². The maximum Gasteiger partial charge on any atom is 0.341 e. The highest BCUT2D eigenvalue weighted by atomic mass is 127. The molecule has 0 amide bonds. The lowest BCUT2D eigenvalue weighted by Gasteiger charge is -2.19. The summed E-state index contributed by atoms with van der Waals surface area (Å²) in [5.74, 6) is 0.244. The van der Waals surface area contributed by atoms with E-state index in [1.165, 1.54) is 9.13 Å². The van der Waals surface area contributed by atoms with Crippen molar-refractivity contribution in [3.63, 3.8) is 0 Å². The second kappa shape index (κ2) is 10.9. The van der Waals surface area contributed by atoms with Gasteiger partial charge in [-0.2, -0.15) is 0 Å².